The van der Waals surface area contributed by atoms with Crippen molar-refractivity contribution in [3.05, 3.63) is 45.6 Å². The zero-order valence-corrected chi connectivity index (χ0v) is 10.3. The number of aliphatic hydroxyl groups is 1. The standard InChI is InChI=1S/C13H12BrNO/c14-12-10-6-5-8-3-1-2-4-9(8)13(10)15-11(12)7-16/h1-4,15-16H,5-7H2. The first kappa shape index (κ1) is 10.1. The minimum atomic E-state index is 0.0513. The van der Waals surface area contributed by atoms with Gasteiger partial charge in [-0.25, -0.2) is 0 Å². The SMILES string of the molecule is OCc1[nH]c2c(c1Br)CCc1ccccc1-2. The Morgan fingerprint density at radius 1 is 1.25 bits per heavy atom. The Hall–Kier alpha value is -1.06. The molecular weight excluding hydrogens is 266 g/mol. The van der Waals surface area contributed by atoms with E-state index in [0.29, 0.717) is 0 Å². The molecule has 2 nitrogen and oxygen atoms in total. The fourth-order valence-corrected chi connectivity index (χ4v) is 3.01. The molecule has 3 rings (SSSR count). The van der Waals surface area contributed by atoms with Crippen molar-refractivity contribution < 1.29 is 5.11 Å². The van der Waals surface area contributed by atoms with Gasteiger partial charge < -0.3 is 10.1 Å². The zero-order valence-electron chi connectivity index (χ0n) is 8.76. The number of halogens is 1. The maximum absolute atomic E-state index is 9.25. The second-order valence-corrected chi connectivity index (χ2v) is 4.88. The van der Waals surface area contributed by atoms with Crippen LogP contribution in [0.1, 0.15) is 16.8 Å². The summed E-state index contributed by atoms with van der Waals surface area (Å²) in [6, 6.07) is 8.44. The van der Waals surface area contributed by atoms with E-state index in [2.05, 4.69) is 45.2 Å². The molecule has 2 aromatic rings. The van der Waals surface area contributed by atoms with Crippen molar-refractivity contribution in [2.75, 3.05) is 0 Å². The van der Waals surface area contributed by atoms with Crippen LogP contribution in [0.4, 0.5) is 0 Å². The summed E-state index contributed by atoms with van der Waals surface area (Å²) in [6.07, 6.45) is 2.11. The molecule has 0 bridgehead atoms. The molecule has 0 amide bonds. The second kappa shape index (κ2) is 3.75. The molecule has 0 unspecified atom stereocenters. The molecule has 0 aliphatic heterocycles. The highest BCUT2D eigenvalue weighted by atomic mass is 79.9. The van der Waals surface area contributed by atoms with Crippen LogP contribution in [0.5, 0.6) is 0 Å². The average Bonchev–Trinajstić information content (AvgIpc) is 2.67. The molecule has 3 heteroatoms. The summed E-state index contributed by atoms with van der Waals surface area (Å²) in [5, 5.41) is 9.25. The van der Waals surface area contributed by atoms with Crippen LogP contribution in [-0.2, 0) is 19.4 Å². The number of aliphatic hydroxyl groups excluding tert-OH is 1. The Labute approximate surface area is 102 Å². The van der Waals surface area contributed by atoms with Crippen molar-refractivity contribution in [1.29, 1.82) is 0 Å². The van der Waals surface area contributed by atoms with Gasteiger partial charge in [-0.15, -0.1) is 0 Å². The van der Waals surface area contributed by atoms with Crippen LogP contribution in [-0.4, -0.2) is 10.1 Å². The van der Waals surface area contributed by atoms with Crippen molar-refractivity contribution in [2.24, 2.45) is 0 Å². The number of aromatic nitrogens is 1. The number of aromatic amines is 1. The van der Waals surface area contributed by atoms with Crippen LogP contribution in [0.2, 0.25) is 0 Å². The van der Waals surface area contributed by atoms with E-state index in [1.54, 1.807) is 0 Å². The summed E-state index contributed by atoms with van der Waals surface area (Å²) in [4.78, 5) is 3.31. The van der Waals surface area contributed by atoms with E-state index >= 15 is 0 Å². The van der Waals surface area contributed by atoms with Crippen LogP contribution in [0.25, 0.3) is 11.3 Å². The van der Waals surface area contributed by atoms with Gasteiger partial charge in [0.2, 0.25) is 0 Å². The first-order valence-corrected chi connectivity index (χ1v) is 6.19. The van der Waals surface area contributed by atoms with Crippen LogP contribution in [0.3, 0.4) is 0 Å². The van der Waals surface area contributed by atoms with Gasteiger partial charge in [-0.05, 0) is 39.9 Å². The van der Waals surface area contributed by atoms with Crippen molar-refractivity contribution >= 4 is 15.9 Å². The highest BCUT2D eigenvalue weighted by Crippen LogP contribution is 2.38. The van der Waals surface area contributed by atoms with Gasteiger partial charge in [0.15, 0.2) is 0 Å². The van der Waals surface area contributed by atoms with Gasteiger partial charge in [0.25, 0.3) is 0 Å². The summed E-state index contributed by atoms with van der Waals surface area (Å²) in [5.74, 6) is 0. The molecule has 16 heavy (non-hydrogen) atoms. The molecule has 1 aromatic heterocycles. The van der Waals surface area contributed by atoms with Gasteiger partial charge in [-0.3, -0.25) is 0 Å². The monoisotopic (exact) mass is 277 g/mol. The lowest BCUT2D eigenvalue weighted by molar-refractivity contribution is 0.277. The summed E-state index contributed by atoms with van der Waals surface area (Å²) >= 11 is 3.56. The number of benzene rings is 1. The number of H-pyrrole nitrogens is 1. The Morgan fingerprint density at radius 2 is 2.06 bits per heavy atom. The van der Waals surface area contributed by atoms with E-state index < -0.39 is 0 Å². The predicted molar refractivity (Wildman–Crippen MR) is 67.3 cm³/mol. The molecule has 82 valence electrons. The third kappa shape index (κ3) is 1.35. The van der Waals surface area contributed by atoms with E-state index in [-0.39, 0.29) is 6.61 Å². The van der Waals surface area contributed by atoms with E-state index in [0.717, 1.165) is 28.7 Å². The van der Waals surface area contributed by atoms with Crippen LogP contribution in [0.15, 0.2) is 28.7 Å². The maximum atomic E-state index is 9.25. The van der Waals surface area contributed by atoms with E-state index in [1.807, 2.05) is 0 Å². The van der Waals surface area contributed by atoms with E-state index in [4.69, 9.17) is 0 Å². The molecule has 0 saturated carbocycles. The van der Waals surface area contributed by atoms with Gasteiger partial charge in [-0.1, -0.05) is 24.3 Å². The average molecular weight is 278 g/mol. The number of aryl methyl sites for hydroxylation is 1. The molecule has 0 spiro atoms. The minimum Gasteiger partial charge on any atom is -0.390 e. The lowest BCUT2D eigenvalue weighted by Crippen LogP contribution is -2.02. The summed E-state index contributed by atoms with van der Waals surface area (Å²) in [7, 11) is 0. The summed E-state index contributed by atoms with van der Waals surface area (Å²) in [6.45, 7) is 0.0513. The quantitative estimate of drug-likeness (QED) is 0.826. The fourth-order valence-electron chi connectivity index (χ4n) is 2.39. The number of nitrogens with one attached hydrogen (secondary N) is 1. The van der Waals surface area contributed by atoms with Crippen molar-refractivity contribution in [1.82, 2.24) is 4.98 Å². The van der Waals surface area contributed by atoms with Gasteiger partial charge >= 0.3 is 0 Å². The molecule has 0 radical (unpaired) electrons. The third-order valence-corrected chi connectivity index (χ3v) is 4.15. The summed E-state index contributed by atoms with van der Waals surface area (Å²) in [5.41, 5.74) is 5.99. The largest absolute Gasteiger partial charge is 0.390 e. The molecule has 1 heterocycles. The maximum Gasteiger partial charge on any atom is 0.0842 e. The molecule has 0 atom stereocenters. The van der Waals surface area contributed by atoms with Gasteiger partial charge in [0.1, 0.15) is 0 Å². The minimum absolute atomic E-state index is 0.0513. The number of fused-ring (bicyclic) bond motifs is 3. The third-order valence-electron chi connectivity index (χ3n) is 3.20. The molecule has 2 N–H and O–H groups in total. The molecule has 0 saturated heterocycles. The second-order valence-electron chi connectivity index (χ2n) is 4.09. The first-order chi connectivity index (χ1) is 7.81. The lowest BCUT2D eigenvalue weighted by atomic mass is 9.90. The van der Waals surface area contributed by atoms with Gasteiger partial charge in [0, 0.05) is 10.0 Å². The van der Waals surface area contributed by atoms with E-state index in [9.17, 15) is 5.11 Å². The number of rotatable bonds is 1. The fraction of sp³-hybridized carbons (Fsp3) is 0.231. The Balaban J connectivity index is 2.25. The van der Waals surface area contributed by atoms with Gasteiger partial charge in [-0.2, -0.15) is 0 Å². The topological polar surface area (TPSA) is 36.0 Å². The Kier molecular flexibility index (Phi) is 2.37. The normalized spacial score (nSPS) is 13.4. The van der Waals surface area contributed by atoms with Crippen molar-refractivity contribution in [3.63, 3.8) is 0 Å². The predicted octanol–water partition coefficient (Wildman–Crippen LogP) is 3.04. The van der Waals surface area contributed by atoms with Crippen molar-refractivity contribution in [2.45, 2.75) is 19.4 Å². The molecule has 1 aromatic carbocycles. The highest BCUT2D eigenvalue weighted by Gasteiger charge is 2.21. The van der Waals surface area contributed by atoms with Gasteiger partial charge in [0.05, 0.1) is 18.0 Å². The van der Waals surface area contributed by atoms with E-state index in [1.165, 1.54) is 16.7 Å². The lowest BCUT2D eigenvalue weighted by Gasteiger charge is -2.16. The zero-order chi connectivity index (χ0) is 11.1. The molecule has 1 aliphatic rings. The van der Waals surface area contributed by atoms with Crippen LogP contribution >= 0.6 is 15.9 Å². The summed E-state index contributed by atoms with van der Waals surface area (Å²) < 4.78 is 1.04. The smallest absolute Gasteiger partial charge is 0.0842 e. The Morgan fingerprint density at radius 3 is 2.88 bits per heavy atom. The van der Waals surface area contributed by atoms with Crippen LogP contribution < -0.4 is 0 Å². The Bertz CT molecular complexity index is 545. The first-order valence-electron chi connectivity index (χ1n) is 5.39. The van der Waals surface area contributed by atoms with Crippen molar-refractivity contribution in [3.8, 4) is 11.3 Å². The number of hydrogen-bond donors (Lipinski definition) is 2. The van der Waals surface area contributed by atoms with Crippen LogP contribution in [0, 0.1) is 0 Å². The molecular formula is C13H12BrNO. The molecule has 1 aliphatic carbocycles. The number of hydrogen-bond acceptors (Lipinski definition) is 1. The molecule has 0 fully saturated rings. The highest BCUT2D eigenvalue weighted by molar-refractivity contribution is 9.10.